The number of nitrogens with zero attached hydrogens (tertiary/aromatic N) is 2. The Bertz CT molecular complexity index is 467. The predicted octanol–water partition coefficient (Wildman–Crippen LogP) is 2.56. The molecule has 1 heterocycles. The fraction of sp³-hybridized carbons (Fsp3) is 0.273. The molecule has 1 aromatic carbocycles. The Morgan fingerprint density at radius 2 is 2.19 bits per heavy atom. The highest BCUT2D eigenvalue weighted by molar-refractivity contribution is 7.99. The van der Waals surface area contributed by atoms with Gasteiger partial charge in [0.05, 0.1) is 0 Å². The third-order valence-corrected chi connectivity index (χ3v) is 3.17. The van der Waals surface area contributed by atoms with Gasteiger partial charge >= 0.3 is 0 Å². The van der Waals surface area contributed by atoms with Crippen molar-refractivity contribution in [1.29, 1.82) is 0 Å². The van der Waals surface area contributed by atoms with Crippen LogP contribution >= 0.6 is 11.8 Å². The maximum Gasteiger partial charge on any atom is 0.208 e. The van der Waals surface area contributed by atoms with Gasteiger partial charge in [-0.15, -0.1) is 5.10 Å². The number of H-pyrrole nitrogens is 1. The van der Waals surface area contributed by atoms with Crippen molar-refractivity contribution in [2.24, 2.45) is 0 Å². The van der Waals surface area contributed by atoms with Crippen LogP contribution in [0.2, 0.25) is 0 Å². The number of nitrogen functional groups attached to an aromatic ring is 1. The quantitative estimate of drug-likeness (QED) is 0.630. The number of aromatic amines is 1. The molecule has 0 atom stereocenters. The summed E-state index contributed by atoms with van der Waals surface area (Å²) in [7, 11) is 0. The summed E-state index contributed by atoms with van der Waals surface area (Å²) < 4.78 is 0. The van der Waals surface area contributed by atoms with Gasteiger partial charge in [-0.2, -0.15) is 0 Å². The minimum absolute atomic E-state index is 0.714. The zero-order valence-electron chi connectivity index (χ0n) is 9.10. The molecule has 4 nitrogen and oxygen atoms in total. The summed E-state index contributed by atoms with van der Waals surface area (Å²) in [6, 6.07) is 7.63. The lowest BCUT2D eigenvalue weighted by molar-refractivity contribution is 0.968. The lowest BCUT2D eigenvalue weighted by atomic mass is 10.2. The lowest BCUT2D eigenvalue weighted by Gasteiger charge is -1.99. The molecule has 16 heavy (non-hydrogen) atoms. The van der Waals surface area contributed by atoms with Crippen LogP contribution in [0.15, 0.2) is 29.4 Å². The Balaban J connectivity index is 2.22. The van der Waals surface area contributed by atoms with Crippen LogP contribution in [-0.2, 0) is 0 Å². The van der Waals surface area contributed by atoms with E-state index >= 15 is 0 Å². The molecule has 2 aromatic rings. The summed E-state index contributed by atoms with van der Waals surface area (Å²) in [5, 5.41) is 7.83. The summed E-state index contributed by atoms with van der Waals surface area (Å²) in [5.41, 5.74) is 7.48. The number of hydrogen-bond donors (Lipinski definition) is 2. The predicted molar refractivity (Wildman–Crippen MR) is 67.2 cm³/mol. The summed E-state index contributed by atoms with van der Waals surface area (Å²) in [4.78, 5) is 4.40. The molecule has 0 saturated heterocycles. The van der Waals surface area contributed by atoms with Crippen molar-refractivity contribution in [3.8, 4) is 11.4 Å². The first-order chi connectivity index (χ1) is 7.81. The number of hydrogen-bond acceptors (Lipinski definition) is 4. The average molecular weight is 234 g/mol. The molecular formula is C11H14N4S. The van der Waals surface area contributed by atoms with E-state index in [-0.39, 0.29) is 0 Å². The van der Waals surface area contributed by atoms with Gasteiger partial charge in [-0.3, -0.25) is 5.10 Å². The Kier molecular flexibility index (Phi) is 3.46. The first-order valence-corrected chi connectivity index (χ1v) is 6.20. The molecule has 0 spiro atoms. The van der Waals surface area contributed by atoms with Crippen LogP contribution in [0.5, 0.6) is 0 Å². The zero-order valence-corrected chi connectivity index (χ0v) is 9.92. The summed E-state index contributed by atoms with van der Waals surface area (Å²) >= 11 is 1.65. The fourth-order valence-corrected chi connectivity index (χ4v) is 1.99. The van der Waals surface area contributed by atoms with Gasteiger partial charge < -0.3 is 5.73 Å². The largest absolute Gasteiger partial charge is 0.398 e. The number of para-hydroxylation sites is 1. The van der Waals surface area contributed by atoms with Crippen molar-refractivity contribution in [1.82, 2.24) is 15.2 Å². The number of nitrogens with one attached hydrogen (secondary N) is 1. The number of nitrogens with two attached hydrogens (primary N) is 1. The van der Waals surface area contributed by atoms with Crippen LogP contribution in [-0.4, -0.2) is 20.9 Å². The number of aromatic nitrogens is 3. The molecule has 84 valence electrons. The van der Waals surface area contributed by atoms with Crippen molar-refractivity contribution in [3.05, 3.63) is 24.3 Å². The minimum atomic E-state index is 0.714. The van der Waals surface area contributed by atoms with E-state index < -0.39 is 0 Å². The van der Waals surface area contributed by atoms with Gasteiger partial charge in [0.15, 0.2) is 5.82 Å². The highest BCUT2D eigenvalue weighted by atomic mass is 32.2. The van der Waals surface area contributed by atoms with Crippen LogP contribution in [0.4, 0.5) is 5.69 Å². The lowest BCUT2D eigenvalue weighted by Crippen LogP contribution is -1.90. The third kappa shape index (κ3) is 2.36. The normalized spacial score (nSPS) is 10.6. The van der Waals surface area contributed by atoms with Crippen LogP contribution in [0.25, 0.3) is 11.4 Å². The van der Waals surface area contributed by atoms with Crippen LogP contribution in [0.1, 0.15) is 13.3 Å². The van der Waals surface area contributed by atoms with Crippen molar-refractivity contribution in [2.45, 2.75) is 18.5 Å². The first kappa shape index (κ1) is 11.0. The standard InChI is InChI=1S/C11H14N4S/c1-2-7-16-11-13-10(14-15-11)8-5-3-4-6-9(8)12/h3-6H,2,7,12H2,1H3,(H,13,14,15). The van der Waals surface area contributed by atoms with Crippen molar-refractivity contribution in [2.75, 3.05) is 11.5 Å². The van der Waals surface area contributed by atoms with Gasteiger partial charge in [0, 0.05) is 17.0 Å². The van der Waals surface area contributed by atoms with Crippen molar-refractivity contribution in [3.63, 3.8) is 0 Å². The smallest absolute Gasteiger partial charge is 0.208 e. The van der Waals surface area contributed by atoms with Gasteiger partial charge in [-0.25, -0.2) is 4.98 Å². The van der Waals surface area contributed by atoms with E-state index in [9.17, 15) is 0 Å². The van der Waals surface area contributed by atoms with E-state index in [1.165, 1.54) is 0 Å². The van der Waals surface area contributed by atoms with E-state index in [0.717, 1.165) is 28.7 Å². The van der Waals surface area contributed by atoms with Crippen molar-refractivity contribution >= 4 is 17.4 Å². The van der Waals surface area contributed by atoms with Gasteiger partial charge in [-0.05, 0) is 18.6 Å². The van der Waals surface area contributed by atoms with Gasteiger partial charge in [0.25, 0.3) is 0 Å². The number of anilines is 1. The monoisotopic (exact) mass is 234 g/mol. The Labute approximate surface area is 98.7 Å². The molecule has 3 N–H and O–H groups in total. The number of thioether (sulfide) groups is 1. The van der Waals surface area contributed by atoms with Crippen LogP contribution in [0.3, 0.4) is 0 Å². The number of benzene rings is 1. The molecule has 0 unspecified atom stereocenters. The molecule has 1 aromatic heterocycles. The molecule has 2 rings (SSSR count). The van der Waals surface area contributed by atoms with E-state index in [4.69, 9.17) is 5.73 Å². The van der Waals surface area contributed by atoms with E-state index in [0.29, 0.717) is 5.69 Å². The molecule has 0 aliphatic carbocycles. The second-order valence-electron chi connectivity index (χ2n) is 3.40. The van der Waals surface area contributed by atoms with Crippen molar-refractivity contribution < 1.29 is 0 Å². The Morgan fingerprint density at radius 1 is 1.38 bits per heavy atom. The third-order valence-electron chi connectivity index (χ3n) is 2.12. The molecule has 5 heteroatoms. The highest BCUT2D eigenvalue weighted by Crippen LogP contribution is 2.23. The van der Waals surface area contributed by atoms with Gasteiger partial charge in [0.1, 0.15) is 0 Å². The molecule has 0 aliphatic rings. The molecule has 0 bridgehead atoms. The zero-order chi connectivity index (χ0) is 11.4. The molecule has 0 fully saturated rings. The SMILES string of the molecule is CCCSc1n[nH]c(-c2ccccc2N)n1. The summed E-state index contributed by atoms with van der Waals surface area (Å²) in [6.45, 7) is 2.13. The summed E-state index contributed by atoms with van der Waals surface area (Å²) in [6.07, 6.45) is 1.11. The highest BCUT2D eigenvalue weighted by Gasteiger charge is 2.07. The van der Waals surface area contributed by atoms with Crippen LogP contribution in [0, 0.1) is 0 Å². The molecule has 0 amide bonds. The fourth-order valence-electron chi connectivity index (χ4n) is 1.34. The second kappa shape index (κ2) is 5.03. The maximum atomic E-state index is 5.87. The summed E-state index contributed by atoms with van der Waals surface area (Å²) in [5.74, 6) is 1.76. The molecule has 0 radical (unpaired) electrons. The van der Waals surface area contributed by atoms with E-state index in [1.807, 2.05) is 24.3 Å². The average Bonchev–Trinajstić information content (AvgIpc) is 2.75. The number of rotatable bonds is 4. The van der Waals surface area contributed by atoms with Crippen LogP contribution < -0.4 is 5.73 Å². The first-order valence-electron chi connectivity index (χ1n) is 5.21. The maximum absolute atomic E-state index is 5.87. The molecule has 0 aliphatic heterocycles. The second-order valence-corrected chi connectivity index (χ2v) is 4.46. The molecule has 0 saturated carbocycles. The Morgan fingerprint density at radius 3 is 2.94 bits per heavy atom. The molecular weight excluding hydrogens is 220 g/mol. The Hall–Kier alpha value is -1.49. The van der Waals surface area contributed by atoms with Gasteiger partial charge in [0.2, 0.25) is 5.16 Å². The van der Waals surface area contributed by atoms with Gasteiger partial charge in [-0.1, -0.05) is 30.8 Å². The topological polar surface area (TPSA) is 67.6 Å². The van der Waals surface area contributed by atoms with E-state index in [1.54, 1.807) is 11.8 Å². The van der Waals surface area contributed by atoms with E-state index in [2.05, 4.69) is 22.1 Å². The minimum Gasteiger partial charge on any atom is -0.398 e.